The van der Waals surface area contributed by atoms with Crippen LogP contribution >= 0.6 is 11.6 Å². The Morgan fingerprint density at radius 3 is 2.45 bits per heavy atom. The SMILES string of the molecule is COCC(CN)Oc1ccc(-c2ccccc2)cc1Cl. The normalized spacial score (nSPS) is 12.2. The number of nitrogens with two attached hydrogens (primary N) is 1. The maximum absolute atomic E-state index is 6.27. The third-order valence-electron chi connectivity index (χ3n) is 2.95. The molecule has 0 radical (unpaired) electrons. The first-order valence-electron chi connectivity index (χ1n) is 6.45. The fourth-order valence-electron chi connectivity index (χ4n) is 1.92. The van der Waals surface area contributed by atoms with Crippen LogP contribution in [0, 0.1) is 0 Å². The number of hydrogen-bond donors (Lipinski definition) is 1. The molecule has 0 spiro atoms. The Labute approximate surface area is 124 Å². The van der Waals surface area contributed by atoms with E-state index in [4.69, 9.17) is 26.8 Å². The van der Waals surface area contributed by atoms with Gasteiger partial charge in [-0.25, -0.2) is 0 Å². The summed E-state index contributed by atoms with van der Waals surface area (Å²) in [5.41, 5.74) is 7.80. The van der Waals surface area contributed by atoms with Crippen LogP contribution in [0.15, 0.2) is 48.5 Å². The van der Waals surface area contributed by atoms with Gasteiger partial charge in [-0.2, -0.15) is 0 Å². The van der Waals surface area contributed by atoms with Gasteiger partial charge in [0.2, 0.25) is 0 Å². The zero-order chi connectivity index (χ0) is 14.4. The lowest BCUT2D eigenvalue weighted by Crippen LogP contribution is -2.31. The fraction of sp³-hybridized carbons (Fsp3) is 0.250. The van der Waals surface area contributed by atoms with Crippen LogP contribution in [-0.2, 0) is 4.74 Å². The van der Waals surface area contributed by atoms with Crippen molar-refractivity contribution in [2.24, 2.45) is 5.73 Å². The molecule has 2 aromatic carbocycles. The van der Waals surface area contributed by atoms with Gasteiger partial charge in [0, 0.05) is 13.7 Å². The summed E-state index contributed by atoms with van der Waals surface area (Å²) < 4.78 is 10.8. The minimum absolute atomic E-state index is 0.194. The molecule has 1 unspecified atom stereocenters. The summed E-state index contributed by atoms with van der Waals surface area (Å²) in [5.74, 6) is 0.624. The monoisotopic (exact) mass is 291 g/mol. The summed E-state index contributed by atoms with van der Waals surface area (Å²) in [6.45, 7) is 0.817. The molecule has 0 fully saturated rings. The lowest BCUT2D eigenvalue weighted by molar-refractivity contribution is 0.0861. The second-order valence-corrected chi connectivity index (χ2v) is 4.85. The lowest BCUT2D eigenvalue weighted by Gasteiger charge is -2.17. The summed E-state index contributed by atoms with van der Waals surface area (Å²) in [6.07, 6.45) is -0.194. The number of ether oxygens (including phenoxy) is 2. The molecule has 106 valence electrons. The van der Waals surface area contributed by atoms with Gasteiger partial charge in [0.15, 0.2) is 0 Å². The van der Waals surface area contributed by atoms with Crippen molar-refractivity contribution in [2.75, 3.05) is 20.3 Å². The minimum Gasteiger partial charge on any atom is -0.485 e. The molecule has 0 aromatic heterocycles. The third-order valence-corrected chi connectivity index (χ3v) is 3.24. The Balaban J connectivity index is 2.18. The van der Waals surface area contributed by atoms with E-state index >= 15 is 0 Å². The second-order valence-electron chi connectivity index (χ2n) is 4.44. The molecule has 2 N–H and O–H groups in total. The molecule has 0 heterocycles. The third kappa shape index (κ3) is 3.73. The first-order chi connectivity index (χ1) is 9.74. The largest absolute Gasteiger partial charge is 0.485 e. The van der Waals surface area contributed by atoms with E-state index in [9.17, 15) is 0 Å². The van der Waals surface area contributed by atoms with Crippen LogP contribution in [0.4, 0.5) is 0 Å². The zero-order valence-electron chi connectivity index (χ0n) is 11.4. The zero-order valence-corrected chi connectivity index (χ0v) is 12.1. The fourth-order valence-corrected chi connectivity index (χ4v) is 2.15. The van der Waals surface area contributed by atoms with Crippen LogP contribution in [0.2, 0.25) is 5.02 Å². The number of rotatable bonds is 6. The highest BCUT2D eigenvalue weighted by molar-refractivity contribution is 6.32. The highest BCUT2D eigenvalue weighted by atomic mass is 35.5. The number of halogens is 1. The van der Waals surface area contributed by atoms with E-state index in [-0.39, 0.29) is 6.10 Å². The molecular weight excluding hydrogens is 274 g/mol. The van der Waals surface area contributed by atoms with Gasteiger partial charge in [0.05, 0.1) is 11.6 Å². The molecule has 0 saturated carbocycles. The summed E-state index contributed by atoms with van der Waals surface area (Å²) in [6, 6.07) is 15.8. The average Bonchev–Trinajstić information content (AvgIpc) is 2.49. The quantitative estimate of drug-likeness (QED) is 0.887. The van der Waals surface area contributed by atoms with E-state index in [0.29, 0.717) is 23.9 Å². The van der Waals surface area contributed by atoms with Crippen molar-refractivity contribution in [1.82, 2.24) is 0 Å². The van der Waals surface area contributed by atoms with Gasteiger partial charge in [0.1, 0.15) is 11.9 Å². The smallest absolute Gasteiger partial charge is 0.138 e. The van der Waals surface area contributed by atoms with Gasteiger partial charge in [-0.3, -0.25) is 0 Å². The van der Waals surface area contributed by atoms with E-state index in [1.807, 2.05) is 48.5 Å². The topological polar surface area (TPSA) is 44.5 Å². The summed E-state index contributed by atoms with van der Waals surface area (Å²) in [7, 11) is 1.62. The molecule has 0 aliphatic heterocycles. The van der Waals surface area contributed by atoms with Crippen molar-refractivity contribution in [3.8, 4) is 16.9 Å². The summed E-state index contributed by atoms with van der Waals surface area (Å²) in [5, 5.41) is 0.570. The highest BCUT2D eigenvalue weighted by Crippen LogP contribution is 2.30. The van der Waals surface area contributed by atoms with Gasteiger partial charge < -0.3 is 15.2 Å². The predicted octanol–water partition coefficient (Wildman–Crippen LogP) is 3.36. The molecule has 20 heavy (non-hydrogen) atoms. The van der Waals surface area contributed by atoms with Crippen molar-refractivity contribution in [2.45, 2.75) is 6.10 Å². The molecule has 2 rings (SSSR count). The van der Waals surface area contributed by atoms with E-state index in [2.05, 4.69) is 0 Å². The Hall–Kier alpha value is -1.55. The maximum atomic E-state index is 6.27. The minimum atomic E-state index is -0.194. The highest BCUT2D eigenvalue weighted by Gasteiger charge is 2.11. The van der Waals surface area contributed by atoms with Crippen molar-refractivity contribution >= 4 is 11.6 Å². The van der Waals surface area contributed by atoms with E-state index in [1.165, 1.54) is 0 Å². The van der Waals surface area contributed by atoms with Gasteiger partial charge >= 0.3 is 0 Å². The molecule has 0 aliphatic carbocycles. The molecule has 0 aliphatic rings. The van der Waals surface area contributed by atoms with Crippen molar-refractivity contribution < 1.29 is 9.47 Å². The number of benzene rings is 2. The molecular formula is C16H18ClNO2. The van der Waals surface area contributed by atoms with Crippen LogP contribution in [0.25, 0.3) is 11.1 Å². The van der Waals surface area contributed by atoms with Crippen LogP contribution in [0.3, 0.4) is 0 Å². The Morgan fingerprint density at radius 1 is 1.10 bits per heavy atom. The van der Waals surface area contributed by atoms with Crippen molar-refractivity contribution in [3.05, 3.63) is 53.6 Å². The number of hydrogen-bond acceptors (Lipinski definition) is 3. The van der Waals surface area contributed by atoms with E-state index < -0.39 is 0 Å². The molecule has 0 saturated heterocycles. The van der Waals surface area contributed by atoms with Gasteiger partial charge in [0.25, 0.3) is 0 Å². The molecule has 3 nitrogen and oxygen atoms in total. The van der Waals surface area contributed by atoms with Crippen LogP contribution in [-0.4, -0.2) is 26.4 Å². The number of methoxy groups -OCH3 is 1. The first kappa shape index (κ1) is 14.9. The van der Waals surface area contributed by atoms with Gasteiger partial charge in [-0.05, 0) is 23.3 Å². The summed E-state index contributed by atoms with van der Waals surface area (Å²) in [4.78, 5) is 0. The van der Waals surface area contributed by atoms with Crippen LogP contribution in [0.1, 0.15) is 0 Å². The standard InChI is InChI=1S/C16H18ClNO2/c1-19-11-14(10-18)20-16-8-7-13(9-15(16)17)12-5-3-2-4-6-12/h2-9,14H,10-11,18H2,1H3. The first-order valence-corrected chi connectivity index (χ1v) is 6.83. The molecule has 1 atom stereocenters. The van der Waals surface area contributed by atoms with Crippen LogP contribution in [0.5, 0.6) is 5.75 Å². The second kappa shape index (κ2) is 7.29. The Bertz CT molecular complexity index is 545. The summed E-state index contributed by atoms with van der Waals surface area (Å²) >= 11 is 6.27. The van der Waals surface area contributed by atoms with Crippen molar-refractivity contribution in [1.29, 1.82) is 0 Å². The average molecular weight is 292 g/mol. The maximum Gasteiger partial charge on any atom is 0.138 e. The van der Waals surface area contributed by atoms with Gasteiger partial charge in [-0.15, -0.1) is 0 Å². The predicted molar refractivity (Wildman–Crippen MR) is 82.2 cm³/mol. The molecule has 0 bridgehead atoms. The molecule has 4 heteroatoms. The van der Waals surface area contributed by atoms with Gasteiger partial charge in [-0.1, -0.05) is 48.0 Å². The Kier molecular flexibility index (Phi) is 5.41. The van der Waals surface area contributed by atoms with E-state index in [0.717, 1.165) is 11.1 Å². The lowest BCUT2D eigenvalue weighted by atomic mass is 10.1. The van der Waals surface area contributed by atoms with E-state index in [1.54, 1.807) is 7.11 Å². The molecule has 2 aromatic rings. The molecule has 0 amide bonds. The van der Waals surface area contributed by atoms with Crippen molar-refractivity contribution in [3.63, 3.8) is 0 Å². The van der Waals surface area contributed by atoms with Crippen LogP contribution < -0.4 is 10.5 Å². The Morgan fingerprint density at radius 2 is 1.85 bits per heavy atom.